The molecule has 10 heteroatoms. The zero-order valence-electron chi connectivity index (χ0n) is 19.0. The van der Waals surface area contributed by atoms with Crippen LogP contribution < -0.4 is 15.4 Å². The number of carbonyl (C=O) groups excluding carboxylic acids is 1. The van der Waals surface area contributed by atoms with E-state index in [4.69, 9.17) is 21.7 Å². The number of hydrogen-bond donors (Lipinski definition) is 2. The molecule has 0 bridgehead atoms. The summed E-state index contributed by atoms with van der Waals surface area (Å²) in [6.45, 7) is 6.36. The van der Waals surface area contributed by atoms with Gasteiger partial charge in [-0.15, -0.1) is 0 Å². The minimum atomic E-state index is -4.56. The first-order chi connectivity index (χ1) is 15.5. The maximum absolute atomic E-state index is 13.2. The van der Waals surface area contributed by atoms with Gasteiger partial charge in [-0.05, 0) is 68.4 Å². The number of benzene rings is 2. The lowest BCUT2D eigenvalue weighted by Crippen LogP contribution is -2.40. The fourth-order valence-electron chi connectivity index (χ4n) is 2.92. The SMILES string of the molecule is CCN(CC(=O)Nc1cc(C(F)(F)F)ccc1OCCOC)C(=S)Nc1cc(C)ccc1C. The number of amides is 1. The van der Waals surface area contributed by atoms with Crippen molar-refractivity contribution in [1.29, 1.82) is 0 Å². The molecule has 0 aliphatic rings. The summed E-state index contributed by atoms with van der Waals surface area (Å²) < 4.78 is 49.9. The number of nitrogens with one attached hydrogen (secondary N) is 2. The number of methoxy groups -OCH3 is 1. The Morgan fingerprint density at radius 2 is 1.79 bits per heavy atom. The van der Waals surface area contributed by atoms with Crippen molar-refractivity contribution in [3.8, 4) is 5.75 Å². The van der Waals surface area contributed by atoms with Gasteiger partial charge >= 0.3 is 6.18 Å². The predicted octanol–water partition coefficient (Wildman–Crippen LogP) is 5.00. The van der Waals surface area contributed by atoms with Gasteiger partial charge in [-0.3, -0.25) is 4.79 Å². The predicted molar refractivity (Wildman–Crippen MR) is 127 cm³/mol. The molecule has 0 aliphatic carbocycles. The molecule has 33 heavy (non-hydrogen) atoms. The summed E-state index contributed by atoms with van der Waals surface area (Å²) in [6.07, 6.45) is -4.56. The lowest BCUT2D eigenvalue weighted by Gasteiger charge is -2.25. The highest BCUT2D eigenvalue weighted by Gasteiger charge is 2.31. The van der Waals surface area contributed by atoms with Crippen LogP contribution in [0.5, 0.6) is 5.75 Å². The fraction of sp³-hybridized carbons (Fsp3) is 0.391. The topological polar surface area (TPSA) is 62.8 Å². The van der Waals surface area contributed by atoms with Gasteiger partial charge in [0.2, 0.25) is 5.91 Å². The molecule has 0 fully saturated rings. The summed E-state index contributed by atoms with van der Waals surface area (Å²) in [7, 11) is 1.48. The van der Waals surface area contributed by atoms with E-state index in [-0.39, 0.29) is 31.2 Å². The second kappa shape index (κ2) is 11.9. The number of likely N-dealkylation sites (N-methyl/N-ethyl adjacent to an activating group) is 1. The van der Waals surface area contributed by atoms with Crippen molar-refractivity contribution < 1.29 is 27.4 Å². The van der Waals surface area contributed by atoms with E-state index < -0.39 is 17.6 Å². The smallest absolute Gasteiger partial charge is 0.416 e. The molecule has 2 rings (SSSR count). The molecule has 2 aromatic carbocycles. The van der Waals surface area contributed by atoms with Crippen molar-refractivity contribution in [1.82, 2.24) is 4.90 Å². The first kappa shape index (κ1) is 26.4. The Bertz CT molecular complexity index is 983. The van der Waals surface area contributed by atoms with E-state index >= 15 is 0 Å². The lowest BCUT2D eigenvalue weighted by molar-refractivity contribution is -0.137. The Morgan fingerprint density at radius 1 is 1.06 bits per heavy atom. The Balaban J connectivity index is 2.14. The monoisotopic (exact) mass is 483 g/mol. The van der Waals surface area contributed by atoms with Gasteiger partial charge in [0.15, 0.2) is 5.11 Å². The number of rotatable bonds is 9. The number of thiocarbonyl (C=S) groups is 1. The third-order valence-electron chi connectivity index (χ3n) is 4.76. The maximum atomic E-state index is 13.2. The number of ether oxygens (including phenoxy) is 2. The number of aryl methyl sites for hydroxylation is 2. The molecular formula is C23H28F3N3O3S. The van der Waals surface area contributed by atoms with Gasteiger partial charge in [0.05, 0.1) is 24.4 Å². The molecule has 0 saturated carbocycles. The molecule has 180 valence electrons. The van der Waals surface area contributed by atoms with Crippen LogP contribution in [-0.2, 0) is 15.7 Å². The third-order valence-corrected chi connectivity index (χ3v) is 5.12. The highest BCUT2D eigenvalue weighted by Crippen LogP contribution is 2.35. The number of anilines is 2. The first-order valence-electron chi connectivity index (χ1n) is 10.3. The summed E-state index contributed by atoms with van der Waals surface area (Å²) >= 11 is 5.46. The molecule has 0 spiro atoms. The normalized spacial score (nSPS) is 11.1. The summed E-state index contributed by atoms with van der Waals surface area (Å²) in [5.74, 6) is -0.412. The largest absolute Gasteiger partial charge is 0.489 e. The molecule has 1 amide bonds. The Morgan fingerprint density at radius 3 is 2.42 bits per heavy atom. The van der Waals surface area contributed by atoms with Crippen molar-refractivity contribution in [3.63, 3.8) is 0 Å². The fourth-order valence-corrected chi connectivity index (χ4v) is 3.22. The Kier molecular flexibility index (Phi) is 9.48. The van der Waals surface area contributed by atoms with Gasteiger partial charge in [0.1, 0.15) is 12.4 Å². The molecule has 2 N–H and O–H groups in total. The molecule has 0 heterocycles. The van der Waals surface area contributed by atoms with E-state index in [9.17, 15) is 18.0 Å². The van der Waals surface area contributed by atoms with Crippen molar-refractivity contribution in [3.05, 3.63) is 53.1 Å². The molecule has 6 nitrogen and oxygen atoms in total. The zero-order chi connectivity index (χ0) is 24.6. The maximum Gasteiger partial charge on any atom is 0.416 e. The van der Waals surface area contributed by atoms with Crippen molar-refractivity contribution in [2.45, 2.75) is 26.9 Å². The van der Waals surface area contributed by atoms with Gasteiger partial charge < -0.3 is 25.0 Å². The molecule has 0 radical (unpaired) electrons. The van der Waals surface area contributed by atoms with Crippen LogP contribution in [0.2, 0.25) is 0 Å². The molecule has 2 aromatic rings. The van der Waals surface area contributed by atoms with Crippen LogP contribution in [0.15, 0.2) is 36.4 Å². The number of hydrogen-bond acceptors (Lipinski definition) is 4. The Hall–Kier alpha value is -2.85. The highest BCUT2D eigenvalue weighted by atomic mass is 32.1. The van der Waals surface area contributed by atoms with Gasteiger partial charge in [-0.2, -0.15) is 13.2 Å². The highest BCUT2D eigenvalue weighted by molar-refractivity contribution is 7.80. The molecule has 0 unspecified atom stereocenters. The van der Waals surface area contributed by atoms with E-state index in [1.54, 1.807) is 4.90 Å². The molecule has 0 atom stereocenters. The average molecular weight is 484 g/mol. The molecule has 0 aromatic heterocycles. The van der Waals surface area contributed by atoms with Crippen LogP contribution in [0, 0.1) is 13.8 Å². The quantitative estimate of drug-likeness (QED) is 0.387. The molecule has 0 saturated heterocycles. The second-order valence-electron chi connectivity index (χ2n) is 7.36. The van der Waals surface area contributed by atoms with Crippen LogP contribution in [0.1, 0.15) is 23.6 Å². The minimum Gasteiger partial charge on any atom is -0.489 e. The van der Waals surface area contributed by atoms with Crippen LogP contribution in [0.25, 0.3) is 0 Å². The van der Waals surface area contributed by atoms with E-state index in [0.29, 0.717) is 11.7 Å². The summed E-state index contributed by atoms with van der Waals surface area (Å²) in [5.41, 5.74) is 1.90. The minimum absolute atomic E-state index is 0.0737. The third kappa shape index (κ3) is 7.90. The van der Waals surface area contributed by atoms with E-state index in [2.05, 4.69) is 10.6 Å². The van der Waals surface area contributed by atoms with Gasteiger partial charge in [0.25, 0.3) is 0 Å². The van der Waals surface area contributed by atoms with Gasteiger partial charge in [-0.1, -0.05) is 12.1 Å². The van der Waals surface area contributed by atoms with Crippen LogP contribution >= 0.6 is 12.2 Å². The number of halogens is 3. The standard InChI is InChI=1S/C23H28F3N3O3S/c1-5-29(22(33)28-18-12-15(2)6-7-16(18)3)14-21(30)27-19-13-17(23(24,25)26)8-9-20(19)32-11-10-31-4/h6-9,12-13H,5,10-11,14H2,1-4H3,(H,27,30)(H,28,33). The van der Waals surface area contributed by atoms with E-state index in [1.807, 2.05) is 39.0 Å². The zero-order valence-corrected chi connectivity index (χ0v) is 19.8. The number of carbonyl (C=O) groups is 1. The Labute approximate surface area is 197 Å². The van der Waals surface area contributed by atoms with Gasteiger partial charge in [-0.25, -0.2) is 0 Å². The van der Waals surface area contributed by atoms with Gasteiger partial charge in [0, 0.05) is 19.3 Å². The summed E-state index contributed by atoms with van der Waals surface area (Å²) in [4.78, 5) is 14.3. The summed E-state index contributed by atoms with van der Waals surface area (Å²) in [5, 5.41) is 5.99. The average Bonchev–Trinajstić information content (AvgIpc) is 2.74. The first-order valence-corrected chi connectivity index (χ1v) is 10.7. The van der Waals surface area contributed by atoms with Crippen LogP contribution in [-0.4, -0.2) is 49.3 Å². The lowest BCUT2D eigenvalue weighted by atomic mass is 10.1. The molecular weight excluding hydrogens is 455 g/mol. The van der Waals surface area contributed by atoms with Crippen molar-refractivity contribution >= 4 is 34.6 Å². The van der Waals surface area contributed by atoms with Crippen molar-refractivity contribution in [2.75, 3.05) is 44.0 Å². The number of nitrogens with zero attached hydrogens (tertiary/aromatic N) is 1. The van der Waals surface area contributed by atoms with E-state index in [1.165, 1.54) is 13.2 Å². The van der Waals surface area contributed by atoms with Crippen LogP contribution in [0.3, 0.4) is 0 Å². The van der Waals surface area contributed by atoms with E-state index in [0.717, 1.165) is 28.9 Å². The van der Waals surface area contributed by atoms with Crippen LogP contribution in [0.4, 0.5) is 24.5 Å². The van der Waals surface area contributed by atoms with Crippen molar-refractivity contribution in [2.24, 2.45) is 0 Å². The molecule has 0 aliphatic heterocycles. The summed E-state index contributed by atoms with van der Waals surface area (Å²) in [6, 6.07) is 8.82. The number of alkyl halides is 3. The second-order valence-corrected chi connectivity index (χ2v) is 7.75.